The molecular formula is C10H16N4O. The Morgan fingerprint density at radius 2 is 2.27 bits per heavy atom. The Balaban J connectivity index is 2.38. The van der Waals surface area contributed by atoms with Crippen LogP contribution in [0.2, 0.25) is 0 Å². The largest absolute Gasteiger partial charge is 0.324 e. The number of nitrogens with two attached hydrogens (primary N) is 1. The van der Waals surface area contributed by atoms with Crippen LogP contribution in [0.1, 0.15) is 30.9 Å². The van der Waals surface area contributed by atoms with Crippen molar-refractivity contribution in [1.82, 2.24) is 14.9 Å². The number of fused-ring (bicyclic) bond motifs is 1. The Kier molecular flexibility index (Phi) is 2.58. The van der Waals surface area contributed by atoms with Crippen LogP contribution in [0.3, 0.4) is 0 Å². The zero-order valence-electron chi connectivity index (χ0n) is 9.08. The molecule has 2 heterocycles. The molecule has 0 aromatic carbocycles. The van der Waals surface area contributed by atoms with Gasteiger partial charge in [-0.2, -0.15) is 0 Å². The first-order valence-electron chi connectivity index (χ1n) is 5.17. The van der Waals surface area contributed by atoms with E-state index in [9.17, 15) is 4.79 Å². The Morgan fingerprint density at radius 1 is 1.53 bits per heavy atom. The zero-order chi connectivity index (χ0) is 11.0. The number of nitrogens with zero attached hydrogens (tertiary/aromatic N) is 2. The van der Waals surface area contributed by atoms with Crippen molar-refractivity contribution in [3.8, 4) is 0 Å². The molecule has 0 fully saturated rings. The Morgan fingerprint density at radius 3 is 2.87 bits per heavy atom. The molecular weight excluding hydrogens is 192 g/mol. The molecule has 15 heavy (non-hydrogen) atoms. The van der Waals surface area contributed by atoms with Crippen LogP contribution in [0.4, 0.5) is 0 Å². The molecule has 2 rings (SSSR count). The normalized spacial score (nSPS) is 16.0. The van der Waals surface area contributed by atoms with Gasteiger partial charge in [0.05, 0.1) is 17.8 Å². The maximum absolute atomic E-state index is 11.7. The maximum Gasteiger partial charge on any atom is 0.255 e. The molecule has 1 aliphatic rings. The number of nitrogens with one attached hydrogen (secondary N) is 1. The second-order valence-electron chi connectivity index (χ2n) is 4.14. The van der Waals surface area contributed by atoms with E-state index >= 15 is 0 Å². The van der Waals surface area contributed by atoms with Crippen molar-refractivity contribution in [3.63, 3.8) is 0 Å². The molecule has 5 heteroatoms. The lowest BCUT2D eigenvalue weighted by Crippen LogP contribution is -2.25. The van der Waals surface area contributed by atoms with E-state index in [1.165, 1.54) is 0 Å². The summed E-state index contributed by atoms with van der Waals surface area (Å²) in [5, 5.41) is 0. The molecule has 0 saturated carbocycles. The molecule has 0 spiro atoms. The molecule has 0 atom stereocenters. The van der Waals surface area contributed by atoms with Gasteiger partial charge in [-0.1, -0.05) is 0 Å². The van der Waals surface area contributed by atoms with Crippen molar-refractivity contribution in [2.75, 3.05) is 0 Å². The van der Waals surface area contributed by atoms with Gasteiger partial charge in [0, 0.05) is 19.1 Å². The van der Waals surface area contributed by atoms with Crippen molar-refractivity contribution in [1.29, 1.82) is 0 Å². The fourth-order valence-corrected chi connectivity index (χ4v) is 1.80. The minimum Gasteiger partial charge on any atom is -0.324 e. The summed E-state index contributed by atoms with van der Waals surface area (Å²) in [7, 11) is 0. The van der Waals surface area contributed by atoms with Gasteiger partial charge in [-0.3, -0.25) is 9.69 Å². The fourth-order valence-electron chi connectivity index (χ4n) is 1.80. The standard InChI is InChI=1S/C10H16N4O/c1-6(2)14-4-7-8(5-14)12-9(3-11)13-10(7)15/h6H,3-5,11H2,1-2H3,(H,12,13,15). The Labute approximate surface area is 88.3 Å². The molecule has 0 bridgehead atoms. The molecule has 0 amide bonds. The summed E-state index contributed by atoms with van der Waals surface area (Å²) in [4.78, 5) is 20.9. The highest BCUT2D eigenvalue weighted by atomic mass is 16.1. The summed E-state index contributed by atoms with van der Waals surface area (Å²) in [6.07, 6.45) is 0. The van der Waals surface area contributed by atoms with Gasteiger partial charge in [0.2, 0.25) is 0 Å². The van der Waals surface area contributed by atoms with Crippen molar-refractivity contribution in [2.45, 2.75) is 39.5 Å². The Bertz CT molecular complexity index is 424. The lowest BCUT2D eigenvalue weighted by atomic mass is 10.3. The summed E-state index contributed by atoms with van der Waals surface area (Å²) in [5.74, 6) is 0.573. The van der Waals surface area contributed by atoms with Crippen molar-refractivity contribution < 1.29 is 0 Å². The highest BCUT2D eigenvalue weighted by Gasteiger charge is 2.25. The van der Waals surface area contributed by atoms with Crippen molar-refractivity contribution in [3.05, 3.63) is 27.4 Å². The molecule has 0 unspecified atom stereocenters. The third-order valence-electron chi connectivity index (χ3n) is 2.79. The van der Waals surface area contributed by atoms with Gasteiger partial charge in [-0.25, -0.2) is 4.98 Å². The van der Waals surface area contributed by atoms with Crippen LogP contribution in [-0.4, -0.2) is 20.9 Å². The Hall–Kier alpha value is -1.20. The highest BCUT2D eigenvalue weighted by molar-refractivity contribution is 5.22. The lowest BCUT2D eigenvalue weighted by Gasteiger charge is -2.18. The smallest absolute Gasteiger partial charge is 0.255 e. The van der Waals surface area contributed by atoms with Gasteiger partial charge < -0.3 is 10.7 Å². The molecule has 1 aromatic rings. The van der Waals surface area contributed by atoms with E-state index < -0.39 is 0 Å². The average molecular weight is 208 g/mol. The van der Waals surface area contributed by atoms with Crippen LogP contribution in [0, 0.1) is 0 Å². The lowest BCUT2D eigenvalue weighted by molar-refractivity contribution is 0.226. The monoisotopic (exact) mass is 208 g/mol. The van der Waals surface area contributed by atoms with E-state index in [4.69, 9.17) is 5.73 Å². The minimum absolute atomic E-state index is 0.0383. The summed E-state index contributed by atoms with van der Waals surface area (Å²) in [5.41, 5.74) is 7.10. The number of aromatic nitrogens is 2. The van der Waals surface area contributed by atoms with E-state index in [0.717, 1.165) is 17.8 Å². The summed E-state index contributed by atoms with van der Waals surface area (Å²) in [6, 6.07) is 0.430. The first-order chi connectivity index (χ1) is 7.11. The van der Waals surface area contributed by atoms with Gasteiger partial charge in [-0.15, -0.1) is 0 Å². The van der Waals surface area contributed by atoms with Crippen LogP contribution in [0.15, 0.2) is 4.79 Å². The van der Waals surface area contributed by atoms with Crippen LogP contribution in [-0.2, 0) is 19.6 Å². The predicted octanol–water partition coefficient (Wildman–Crippen LogP) is -0.0474. The van der Waals surface area contributed by atoms with Crippen LogP contribution < -0.4 is 11.3 Å². The second-order valence-corrected chi connectivity index (χ2v) is 4.14. The summed E-state index contributed by atoms with van der Waals surface area (Å²) < 4.78 is 0. The van der Waals surface area contributed by atoms with Crippen LogP contribution >= 0.6 is 0 Å². The van der Waals surface area contributed by atoms with Crippen LogP contribution in [0.5, 0.6) is 0 Å². The van der Waals surface area contributed by atoms with Gasteiger partial charge in [-0.05, 0) is 13.8 Å². The summed E-state index contributed by atoms with van der Waals surface area (Å²) in [6.45, 7) is 5.96. The van der Waals surface area contributed by atoms with Gasteiger partial charge in [0.1, 0.15) is 5.82 Å². The average Bonchev–Trinajstić information content (AvgIpc) is 2.61. The molecule has 0 aliphatic carbocycles. The van der Waals surface area contributed by atoms with Gasteiger partial charge in [0.25, 0.3) is 5.56 Å². The van der Waals surface area contributed by atoms with E-state index in [2.05, 4.69) is 28.7 Å². The fraction of sp³-hybridized carbons (Fsp3) is 0.600. The number of H-pyrrole nitrogens is 1. The minimum atomic E-state index is -0.0383. The number of hydrogen-bond acceptors (Lipinski definition) is 4. The van der Waals surface area contributed by atoms with E-state index in [1.807, 2.05) is 0 Å². The molecule has 82 valence electrons. The summed E-state index contributed by atoms with van der Waals surface area (Å²) >= 11 is 0. The van der Waals surface area contributed by atoms with Crippen molar-refractivity contribution >= 4 is 0 Å². The first-order valence-corrected chi connectivity index (χ1v) is 5.17. The SMILES string of the molecule is CC(C)N1Cc2nc(CN)[nH]c(=O)c2C1. The molecule has 3 N–H and O–H groups in total. The molecule has 1 aliphatic heterocycles. The highest BCUT2D eigenvalue weighted by Crippen LogP contribution is 2.19. The van der Waals surface area contributed by atoms with E-state index in [1.54, 1.807) is 0 Å². The van der Waals surface area contributed by atoms with Crippen molar-refractivity contribution in [2.24, 2.45) is 5.73 Å². The second kappa shape index (κ2) is 3.75. The first kappa shape index (κ1) is 10.3. The number of rotatable bonds is 2. The molecule has 1 aromatic heterocycles. The van der Waals surface area contributed by atoms with E-state index in [-0.39, 0.29) is 12.1 Å². The van der Waals surface area contributed by atoms with Gasteiger partial charge in [0.15, 0.2) is 0 Å². The number of hydrogen-bond donors (Lipinski definition) is 2. The molecule has 5 nitrogen and oxygen atoms in total. The van der Waals surface area contributed by atoms with E-state index in [0.29, 0.717) is 18.4 Å². The van der Waals surface area contributed by atoms with Crippen LogP contribution in [0.25, 0.3) is 0 Å². The predicted molar refractivity (Wildman–Crippen MR) is 57.1 cm³/mol. The molecule has 0 saturated heterocycles. The third-order valence-corrected chi connectivity index (χ3v) is 2.79. The van der Waals surface area contributed by atoms with Gasteiger partial charge >= 0.3 is 0 Å². The third kappa shape index (κ3) is 1.80. The number of aromatic amines is 1. The quantitative estimate of drug-likeness (QED) is 0.714. The zero-order valence-corrected chi connectivity index (χ0v) is 9.08. The molecule has 0 radical (unpaired) electrons. The maximum atomic E-state index is 11.7. The topological polar surface area (TPSA) is 75.0 Å².